The zero-order valence-electron chi connectivity index (χ0n) is 22.8. The number of morpholine rings is 1. The van der Waals surface area contributed by atoms with Crippen LogP contribution in [0.25, 0.3) is 10.9 Å². The lowest BCUT2D eigenvalue weighted by atomic mass is 10.1. The predicted octanol–water partition coefficient (Wildman–Crippen LogP) is 4.11. The summed E-state index contributed by atoms with van der Waals surface area (Å²) in [6, 6.07) is 13.3. The van der Waals surface area contributed by atoms with E-state index >= 15 is 0 Å². The molecular formula is C27H31ClFN5O5S2. The highest BCUT2D eigenvalue weighted by atomic mass is 35.5. The van der Waals surface area contributed by atoms with E-state index in [1.807, 2.05) is 36.2 Å². The van der Waals surface area contributed by atoms with Crippen molar-refractivity contribution in [2.45, 2.75) is 30.3 Å². The van der Waals surface area contributed by atoms with Gasteiger partial charge in [-0.15, -0.1) is 11.3 Å². The number of hydrogen-bond donors (Lipinski definition) is 2. The molecule has 0 amide bonds. The molecule has 1 atom stereocenters. The molecule has 1 fully saturated rings. The van der Waals surface area contributed by atoms with Crippen LogP contribution in [-0.4, -0.2) is 68.8 Å². The minimum absolute atomic E-state index is 0.00579. The molecule has 2 aromatic carbocycles. The Morgan fingerprint density at radius 3 is 2.63 bits per heavy atom. The maximum atomic E-state index is 14.4. The maximum absolute atomic E-state index is 14.4. The first kappa shape index (κ1) is 30.9. The molecule has 4 aromatic rings. The number of carbonyl (C=O) groups is 1. The first-order chi connectivity index (χ1) is 19.5. The number of Topliss-reactive ketones (excluding diaryl/α,β-unsaturated/α-hetero) is 1. The number of rotatable bonds is 8. The molecule has 3 heterocycles. The summed E-state index contributed by atoms with van der Waals surface area (Å²) in [6.45, 7) is 4.50. The highest BCUT2D eigenvalue weighted by Gasteiger charge is 2.25. The molecule has 0 aliphatic carbocycles. The molecule has 3 N–H and O–H groups in total. The van der Waals surface area contributed by atoms with Crippen LogP contribution in [0.4, 0.5) is 10.2 Å². The molecule has 1 unspecified atom stereocenters. The van der Waals surface area contributed by atoms with Gasteiger partial charge in [0, 0.05) is 13.1 Å². The molecular weight excluding hydrogens is 593 g/mol. The lowest BCUT2D eigenvalue weighted by Crippen LogP contribution is -2.46. The van der Waals surface area contributed by atoms with Crippen molar-refractivity contribution in [1.29, 1.82) is 0 Å². The zero-order chi connectivity index (χ0) is 29.7. The van der Waals surface area contributed by atoms with Crippen molar-refractivity contribution >= 4 is 55.5 Å². The highest BCUT2D eigenvalue weighted by molar-refractivity contribution is 7.94. The molecule has 2 aromatic heterocycles. The van der Waals surface area contributed by atoms with Crippen molar-refractivity contribution in [3.05, 3.63) is 69.8 Å². The number of nitrogens with two attached hydrogens (primary N) is 1. The molecule has 1 saturated heterocycles. The Morgan fingerprint density at radius 2 is 2.02 bits per heavy atom. The Kier molecular flexibility index (Phi) is 10.00. The number of thiophene rings is 1. The van der Waals surface area contributed by atoms with Gasteiger partial charge >= 0.3 is 0 Å². The number of hydrogen-bond acceptors (Lipinski definition) is 9. The van der Waals surface area contributed by atoms with Crippen molar-refractivity contribution in [2.75, 3.05) is 38.6 Å². The van der Waals surface area contributed by atoms with Crippen LogP contribution in [0.15, 0.2) is 52.7 Å². The van der Waals surface area contributed by atoms with Crippen LogP contribution >= 0.6 is 22.9 Å². The third kappa shape index (κ3) is 7.23. The molecule has 10 nitrogen and oxygen atoms in total. The number of ketones is 1. The number of methoxy groups -OCH3 is 1. The number of likely N-dealkylation sites (N-methyl/N-ethyl adjacent to an activating group) is 1. The van der Waals surface area contributed by atoms with Crippen molar-refractivity contribution in [1.82, 2.24) is 14.7 Å². The number of ether oxygens (including phenoxy) is 2. The number of nitrogens with zero attached hydrogens (tertiary/aromatic N) is 3. The molecule has 5 rings (SSSR count). The lowest BCUT2D eigenvalue weighted by molar-refractivity contribution is -0.126. The molecule has 41 heavy (non-hydrogen) atoms. The zero-order valence-corrected chi connectivity index (χ0v) is 25.2. The average Bonchev–Trinajstić information content (AvgIpc) is 3.53. The maximum Gasteiger partial charge on any atom is 0.272 e. The molecule has 220 valence electrons. The van der Waals surface area contributed by atoms with Crippen LogP contribution in [0.5, 0.6) is 5.75 Å². The van der Waals surface area contributed by atoms with Gasteiger partial charge in [0.15, 0.2) is 17.4 Å². The number of anilines is 1. The summed E-state index contributed by atoms with van der Waals surface area (Å²) in [6.07, 6.45) is 0. The second kappa shape index (κ2) is 13.3. The summed E-state index contributed by atoms with van der Waals surface area (Å²) < 4.78 is 54.9. The minimum Gasteiger partial charge on any atom is -0.493 e. The molecule has 0 radical (unpaired) electrons. The second-order valence-corrected chi connectivity index (χ2v) is 13.0. The number of sulfonamides is 1. The Hall–Kier alpha value is -3.07. The van der Waals surface area contributed by atoms with E-state index in [0.717, 1.165) is 35.6 Å². The third-order valence-electron chi connectivity index (χ3n) is 6.50. The first-order valence-corrected chi connectivity index (χ1v) is 15.3. The number of carbonyl (C=O) groups excluding carboxylic acids is 1. The van der Waals surface area contributed by atoms with E-state index in [1.165, 1.54) is 31.4 Å². The normalized spacial score (nSPS) is 15.8. The fourth-order valence-corrected chi connectivity index (χ4v) is 6.86. The van der Waals surface area contributed by atoms with Crippen molar-refractivity contribution in [3.63, 3.8) is 0 Å². The first-order valence-electron chi connectivity index (χ1n) is 12.6. The van der Waals surface area contributed by atoms with Crippen molar-refractivity contribution in [2.24, 2.45) is 5.73 Å². The number of nitrogens with one attached hydrogen (secondary N) is 1. The number of fused-ring (bicyclic) bond motifs is 1. The molecule has 1 aliphatic rings. The van der Waals surface area contributed by atoms with E-state index < -0.39 is 15.8 Å². The summed E-state index contributed by atoms with van der Waals surface area (Å²) in [5, 5.41) is 4.65. The topological polar surface area (TPSA) is 129 Å². The van der Waals surface area contributed by atoms with Gasteiger partial charge in [-0.2, -0.15) is 5.10 Å². The molecule has 0 spiro atoms. The van der Waals surface area contributed by atoms with E-state index in [-0.39, 0.29) is 33.0 Å². The van der Waals surface area contributed by atoms with Gasteiger partial charge in [0.2, 0.25) is 0 Å². The van der Waals surface area contributed by atoms with E-state index in [4.69, 9.17) is 26.8 Å². The standard InChI is InChI=1S/C20H18ClFN4O3S2.C7H13NO2/c1-29-19-14(22)5-6-15-18(19)20(25-31(27,28)17-8-7-16(21)30-17)24-26(15)11-13-4-2-3-12(9-13)10-23;1-6(9)7-5-10-4-3-8(7)2/h2-9H,10-11,23H2,1H3,(H,24,25);7H,3-5H2,1-2H3. The monoisotopic (exact) mass is 623 g/mol. The second-order valence-electron chi connectivity index (χ2n) is 9.35. The number of aromatic nitrogens is 2. The highest BCUT2D eigenvalue weighted by Crippen LogP contribution is 2.36. The van der Waals surface area contributed by atoms with E-state index in [2.05, 4.69) is 9.82 Å². The van der Waals surface area contributed by atoms with Gasteiger partial charge in [-0.3, -0.25) is 19.1 Å². The SMILES string of the molecule is CC(=O)C1COCCN1C.COc1c(F)ccc2c1c(NS(=O)(=O)c1ccc(Cl)s1)nn2Cc1cccc(CN)c1. The fraction of sp³-hybridized carbons (Fsp3) is 0.333. The quantitative estimate of drug-likeness (QED) is 0.300. The van der Waals surface area contributed by atoms with Gasteiger partial charge in [-0.1, -0.05) is 35.9 Å². The fourth-order valence-electron chi connectivity index (χ4n) is 4.37. The molecule has 0 saturated carbocycles. The summed E-state index contributed by atoms with van der Waals surface area (Å²) in [7, 11) is -0.709. The summed E-state index contributed by atoms with van der Waals surface area (Å²) >= 11 is 6.79. The molecule has 0 bridgehead atoms. The van der Waals surface area contributed by atoms with Gasteiger partial charge in [0.25, 0.3) is 10.0 Å². The van der Waals surface area contributed by atoms with Gasteiger partial charge in [0.05, 0.1) is 48.1 Å². The van der Waals surface area contributed by atoms with Gasteiger partial charge in [-0.25, -0.2) is 12.8 Å². The Bertz CT molecular complexity index is 1640. The summed E-state index contributed by atoms with van der Waals surface area (Å²) in [4.78, 5) is 12.9. The Morgan fingerprint density at radius 1 is 1.27 bits per heavy atom. The van der Waals surface area contributed by atoms with E-state index in [0.29, 0.717) is 29.5 Å². The minimum atomic E-state index is -3.98. The van der Waals surface area contributed by atoms with Crippen LogP contribution in [0.2, 0.25) is 4.34 Å². The number of halogens is 2. The van der Waals surface area contributed by atoms with Crippen LogP contribution in [0.3, 0.4) is 0 Å². The van der Waals surface area contributed by atoms with Gasteiger partial charge in [-0.05, 0) is 49.4 Å². The van der Waals surface area contributed by atoms with Gasteiger partial charge < -0.3 is 15.2 Å². The van der Waals surface area contributed by atoms with Crippen LogP contribution in [0, 0.1) is 5.82 Å². The molecule has 14 heteroatoms. The largest absolute Gasteiger partial charge is 0.493 e. The summed E-state index contributed by atoms with van der Waals surface area (Å²) in [5.41, 5.74) is 8.10. The molecule has 1 aliphatic heterocycles. The van der Waals surface area contributed by atoms with Crippen molar-refractivity contribution < 1.29 is 27.1 Å². The van der Waals surface area contributed by atoms with E-state index in [9.17, 15) is 17.6 Å². The van der Waals surface area contributed by atoms with Crippen LogP contribution < -0.4 is 15.2 Å². The third-order valence-corrected chi connectivity index (χ3v) is 9.56. The average molecular weight is 624 g/mol. The Labute approximate surface area is 246 Å². The smallest absolute Gasteiger partial charge is 0.272 e. The van der Waals surface area contributed by atoms with Crippen LogP contribution in [-0.2, 0) is 32.6 Å². The van der Waals surface area contributed by atoms with E-state index in [1.54, 1.807) is 11.6 Å². The lowest BCUT2D eigenvalue weighted by Gasteiger charge is -2.30. The van der Waals surface area contributed by atoms with Crippen molar-refractivity contribution in [3.8, 4) is 5.75 Å². The van der Waals surface area contributed by atoms with Gasteiger partial charge in [0.1, 0.15) is 9.99 Å². The Balaban J connectivity index is 0.000000328. The summed E-state index contributed by atoms with van der Waals surface area (Å²) in [5.74, 6) is -0.561. The van der Waals surface area contributed by atoms with Crippen LogP contribution in [0.1, 0.15) is 18.1 Å². The number of benzene rings is 2. The predicted molar refractivity (Wildman–Crippen MR) is 158 cm³/mol.